The molecule has 0 saturated heterocycles. The van der Waals surface area contributed by atoms with Crippen molar-refractivity contribution in [2.24, 2.45) is 0 Å². The van der Waals surface area contributed by atoms with Crippen LogP contribution >= 0.6 is 23.2 Å². The standard InChI is InChI=1S/C12H16Cl2FN/c1-12(2,6-7-13)16-8-9-10(14)4-3-5-11(9)15/h3-5,16H,6-8H2,1-2H3. The van der Waals surface area contributed by atoms with Crippen molar-refractivity contribution in [3.63, 3.8) is 0 Å². The van der Waals surface area contributed by atoms with Gasteiger partial charge in [0.25, 0.3) is 0 Å². The van der Waals surface area contributed by atoms with Crippen LogP contribution in [0.25, 0.3) is 0 Å². The summed E-state index contributed by atoms with van der Waals surface area (Å²) in [6.07, 6.45) is 0.820. The van der Waals surface area contributed by atoms with Crippen molar-refractivity contribution in [1.29, 1.82) is 0 Å². The summed E-state index contributed by atoms with van der Waals surface area (Å²) in [6, 6.07) is 4.71. The maximum Gasteiger partial charge on any atom is 0.129 e. The van der Waals surface area contributed by atoms with Gasteiger partial charge >= 0.3 is 0 Å². The number of nitrogens with one attached hydrogen (secondary N) is 1. The SMILES string of the molecule is CC(C)(CCCl)NCc1c(F)cccc1Cl. The molecule has 90 valence electrons. The van der Waals surface area contributed by atoms with E-state index in [2.05, 4.69) is 5.32 Å². The molecule has 1 nitrogen and oxygen atoms in total. The topological polar surface area (TPSA) is 12.0 Å². The third-order valence-electron chi connectivity index (χ3n) is 2.52. The molecule has 1 rings (SSSR count). The number of hydrogen-bond acceptors (Lipinski definition) is 1. The Labute approximate surface area is 106 Å². The van der Waals surface area contributed by atoms with Gasteiger partial charge < -0.3 is 5.32 Å². The number of rotatable bonds is 5. The van der Waals surface area contributed by atoms with Gasteiger partial charge in [-0.3, -0.25) is 0 Å². The fourth-order valence-corrected chi connectivity index (χ4v) is 2.06. The monoisotopic (exact) mass is 263 g/mol. The highest BCUT2D eigenvalue weighted by molar-refractivity contribution is 6.31. The van der Waals surface area contributed by atoms with Crippen molar-refractivity contribution in [2.45, 2.75) is 32.4 Å². The maximum atomic E-state index is 13.5. The van der Waals surface area contributed by atoms with Crippen molar-refractivity contribution in [2.75, 3.05) is 5.88 Å². The minimum atomic E-state index is -0.276. The molecule has 0 aliphatic carbocycles. The zero-order chi connectivity index (χ0) is 12.2. The van der Waals surface area contributed by atoms with Gasteiger partial charge in [0.15, 0.2) is 0 Å². The van der Waals surface area contributed by atoms with E-state index < -0.39 is 0 Å². The Morgan fingerprint density at radius 2 is 2.06 bits per heavy atom. The molecule has 0 atom stereocenters. The molecule has 4 heteroatoms. The summed E-state index contributed by atoms with van der Waals surface area (Å²) in [5, 5.41) is 3.70. The highest BCUT2D eigenvalue weighted by Gasteiger charge is 2.17. The van der Waals surface area contributed by atoms with E-state index in [-0.39, 0.29) is 11.4 Å². The molecular formula is C12H16Cl2FN. The van der Waals surface area contributed by atoms with Gasteiger partial charge in [-0.2, -0.15) is 0 Å². The van der Waals surface area contributed by atoms with Crippen LogP contribution in [0.2, 0.25) is 5.02 Å². The van der Waals surface area contributed by atoms with Crippen LogP contribution in [0.3, 0.4) is 0 Å². The molecule has 0 fully saturated rings. The Kier molecular flexibility index (Phi) is 5.03. The molecule has 0 amide bonds. The summed E-state index contributed by atoms with van der Waals surface area (Å²) in [5.41, 5.74) is 0.389. The quantitative estimate of drug-likeness (QED) is 0.793. The molecule has 0 radical (unpaired) electrons. The van der Waals surface area contributed by atoms with Crippen molar-refractivity contribution >= 4 is 23.2 Å². The van der Waals surface area contributed by atoms with Gasteiger partial charge in [0.05, 0.1) is 0 Å². The highest BCUT2D eigenvalue weighted by atomic mass is 35.5. The lowest BCUT2D eigenvalue weighted by atomic mass is 10.0. The van der Waals surface area contributed by atoms with Gasteiger partial charge in [0, 0.05) is 28.5 Å². The molecule has 0 aliphatic rings. The summed E-state index contributed by atoms with van der Waals surface area (Å²) < 4.78 is 13.5. The van der Waals surface area contributed by atoms with Gasteiger partial charge in [-0.1, -0.05) is 17.7 Å². The molecule has 0 saturated carbocycles. The molecule has 1 aromatic rings. The van der Waals surface area contributed by atoms with Crippen LogP contribution in [0.1, 0.15) is 25.8 Å². The fourth-order valence-electron chi connectivity index (χ4n) is 1.35. The van der Waals surface area contributed by atoms with Crippen LogP contribution in [0.15, 0.2) is 18.2 Å². The first-order chi connectivity index (χ1) is 7.46. The second kappa shape index (κ2) is 5.85. The largest absolute Gasteiger partial charge is 0.308 e. The molecule has 0 unspecified atom stereocenters. The van der Waals surface area contributed by atoms with Crippen molar-refractivity contribution in [3.05, 3.63) is 34.6 Å². The average molecular weight is 264 g/mol. The van der Waals surface area contributed by atoms with Crippen molar-refractivity contribution in [1.82, 2.24) is 5.32 Å². The lowest BCUT2D eigenvalue weighted by Crippen LogP contribution is -2.39. The van der Waals surface area contributed by atoms with Crippen LogP contribution in [-0.4, -0.2) is 11.4 Å². The molecule has 0 spiro atoms. The summed E-state index contributed by atoms with van der Waals surface area (Å²) in [6.45, 7) is 4.48. The predicted octanol–water partition coefficient (Wildman–Crippen LogP) is 3.98. The average Bonchev–Trinajstić information content (AvgIpc) is 2.16. The molecule has 0 bridgehead atoms. The summed E-state index contributed by atoms with van der Waals surface area (Å²) >= 11 is 11.6. The van der Waals surface area contributed by atoms with E-state index in [4.69, 9.17) is 23.2 Å². The van der Waals surface area contributed by atoms with Crippen LogP contribution in [-0.2, 0) is 6.54 Å². The third kappa shape index (κ3) is 3.93. The molecule has 0 heterocycles. The lowest BCUT2D eigenvalue weighted by molar-refractivity contribution is 0.373. The van der Waals surface area contributed by atoms with Crippen molar-refractivity contribution in [3.8, 4) is 0 Å². The molecule has 1 N–H and O–H groups in total. The van der Waals surface area contributed by atoms with Gasteiger partial charge in [-0.15, -0.1) is 11.6 Å². The minimum absolute atomic E-state index is 0.118. The lowest BCUT2D eigenvalue weighted by Gasteiger charge is -2.25. The Balaban J connectivity index is 2.68. The van der Waals surface area contributed by atoms with E-state index in [1.807, 2.05) is 13.8 Å². The van der Waals surface area contributed by atoms with Gasteiger partial charge in [0.1, 0.15) is 5.82 Å². The van der Waals surface area contributed by atoms with Crippen LogP contribution in [0.5, 0.6) is 0 Å². The zero-order valence-electron chi connectivity index (χ0n) is 9.49. The van der Waals surface area contributed by atoms with E-state index in [0.29, 0.717) is 23.0 Å². The Morgan fingerprint density at radius 3 is 2.62 bits per heavy atom. The number of halogens is 3. The van der Waals surface area contributed by atoms with E-state index in [1.165, 1.54) is 6.07 Å². The minimum Gasteiger partial charge on any atom is -0.308 e. The van der Waals surface area contributed by atoms with Crippen LogP contribution in [0, 0.1) is 5.82 Å². The van der Waals surface area contributed by atoms with Crippen LogP contribution < -0.4 is 5.32 Å². The first-order valence-electron chi connectivity index (χ1n) is 5.20. The number of hydrogen-bond donors (Lipinski definition) is 1. The second-order valence-corrected chi connectivity index (χ2v) is 5.16. The summed E-state index contributed by atoms with van der Waals surface area (Å²) in [4.78, 5) is 0. The Bertz CT molecular complexity index is 333. The highest BCUT2D eigenvalue weighted by Crippen LogP contribution is 2.20. The van der Waals surface area contributed by atoms with Gasteiger partial charge in [-0.05, 0) is 32.4 Å². The zero-order valence-corrected chi connectivity index (χ0v) is 11.0. The van der Waals surface area contributed by atoms with Gasteiger partial charge in [-0.25, -0.2) is 4.39 Å². The Hall–Kier alpha value is -0.310. The molecule has 1 aromatic carbocycles. The Morgan fingerprint density at radius 1 is 1.38 bits per heavy atom. The first-order valence-corrected chi connectivity index (χ1v) is 6.11. The predicted molar refractivity (Wildman–Crippen MR) is 67.7 cm³/mol. The normalized spacial score (nSPS) is 11.8. The maximum absolute atomic E-state index is 13.5. The van der Waals surface area contributed by atoms with E-state index in [0.717, 1.165) is 6.42 Å². The van der Waals surface area contributed by atoms with Crippen molar-refractivity contribution < 1.29 is 4.39 Å². The first kappa shape index (κ1) is 13.8. The number of alkyl halides is 1. The van der Waals surface area contributed by atoms with E-state index in [9.17, 15) is 4.39 Å². The van der Waals surface area contributed by atoms with E-state index in [1.54, 1.807) is 12.1 Å². The molecule has 0 aliphatic heterocycles. The summed E-state index contributed by atoms with van der Waals surface area (Å²) in [5.74, 6) is 0.298. The number of benzene rings is 1. The van der Waals surface area contributed by atoms with E-state index >= 15 is 0 Å². The van der Waals surface area contributed by atoms with Crippen LogP contribution in [0.4, 0.5) is 4.39 Å². The third-order valence-corrected chi connectivity index (χ3v) is 3.07. The second-order valence-electron chi connectivity index (χ2n) is 4.38. The van der Waals surface area contributed by atoms with Gasteiger partial charge in [0.2, 0.25) is 0 Å². The fraction of sp³-hybridized carbons (Fsp3) is 0.500. The molecule has 0 aromatic heterocycles. The molecular weight excluding hydrogens is 248 g/mol. The summed E-state index contributed by atoms with van der Waals surface area (Å²) in [7, 11) is 0. The smallest absolute Gasteiger partial charge is 0.129 e. The molecule has 16 heavy (non-hydrogen) atoms.